The Bertz CT molecular complexity index is 180. The quantitative estimate of drug-likeness (QED) is 0.741. The van der Waals surface area contributed by atoms with Gasteiger partial charge in [-0.1, -0.05) is 13.8 Å². The van der Waals surface area contributed by atoms with Crippen LogP contribution in [-0.2, 0) is 4.74 Å². The zero-order valence-corrected chi connectivity index (χ0v) is 9.92. The molecule has 0 aliphatic carbocycles. The van der Waals surface area contributed by atoms with Crippen LogP contribution in [0.25, 0.3) is 0 Å². The van der Waals surface area contributed by atoms with Crippen LogP contribution in [0, 0.1) is 5.92 Å². The van der Waals surface area contributed by atoms with Crippen LogP contribution in [0.2, 0.25) is 0 Å². The molecule has 3 heteroatoms. The standard InChI is InChI=1S/C11H24N2O/c1-9(2)10(12)7-13-5-6-14-8-11(13,3)4/h9-10H,5-8,12H2,1-4H3. The van der Waals surface area contributed by atoms with Crippen molar-refractivity contribution in [2.75, 3.05) is 26.3 Å². The second-order valence-corrected chi connectivity index (χ2v) is 5.22. The maximum Gasteiger partial charge on any atom is 0.0645 e. The molecule has 2 N–H and O–H groups in total. The first-order valence-corrected chi connectivity index (χ1v) is 5.52. The molecule has 1 unspecified atom stereocenters. The lowest BCUT2D eigenvalue weighted by Gasteiger charge is -2.43. The van der Waals surface area contributed by atoms with E-state index in [0.29, 0.717) is 5.92 Å². The Balaban J connectivity index is 2.49. The highest BCUT2D eigenvalue weighted by atomic mass is 16.5. The minimum Gasteiger partial charge on any atom is -0.378 e. The van der Waals surface area contributed by atoms with E-state index >= 15 is 0 Å². The van der Waals surface area contributed by atoms with Crippen LogP contribution in [-0.4, -0.2) is 42.8 Å². The first kappa shape index (κ1) is 12.0. The molecule has 3 nitrogen and oxygen atoms in total. The molecule has 1 heterocycles. The van der Waals surface area contributed by atoms with Crippen molar-refractivity contribution in [3.8, 4) is 0 Å². The van der Waals surface area contributed by atoms with Gasteiger partial charge < -0.3 is 10.5 Å². The highest BCUT2D eigenvalue weighted by molar-refractivity contribution is 4.87. The van der Waals surface area contributed by atoms with Gasteiger partial charge in [-0.15, -0.1) is 0 Å². The summed E-state index contributed by atoms with van der Waals surface area (Å²) in [6, 6.07) is 0.271. The molecule has 1 fully saturated rings. The van der Waals surface area contributed by atoms with E-state index in [1.54, 1.807) is 0 Å². The van der Waals surface area contributed by atoms with Gasteiger partial charge in [0.1, 0.15) is 0 Å². The van der Waals surface area contributed by atoms with Gasteiger partial charge >= 0.3 is 0 Å². The second kappa shape index (κ2) is 4.60. The van der Waals surface area contributed by atoms with Gasteiger partial charge in [-0.25, -0.2) is 0 Å². The van der Waals surface area contributed by atoms with E-state index in [-0.39, 0.29) is 11.6 Å². The minimum atomic E-state index is 0.144. The monoisotopic (exact) mass is 200 g/mol. The predicted octanol–water partition coefficient (Wildman–Crippen LogP) is 1.08. The van der Waals surface area contributed by atoms with Gasteiger partial charge in [0.05, 0.1) is 13.2 Å². The number of hydrogen-bond acceptors (Lipinski definition) is 3. The summed E-state index contributed by atoms with van der Waals surface area (Å²) in [5, 5.41) is 0. The van der Waals surface area contributed by atoms with E-state index < -0.39 is 0 Å². The van der Waals surface area contributed by atoms with Crippen LogP contribution < -0.4 is 5.73 Å². The van der Waals surface area contributed by atoms with Crippen LogP contribution in [0.4, 0.5) is 0 Å². The molecule has 0 spiro atoms. The Labute approximate surface area is 87.6 Å². The Morgan fingerprint density at radius 3 is 2.57 bits per heavy atom. The third-order valence-corrected chi connectivity index (χ3v) is 3.10. The molecule has 0 bridgehead atoms. The first-order chi connectivity index (χ1) is 6.43. The molecule has 0 aromatic carbocycles. The first-order valence-electron chi connectivity index (χ1n) is 5.52. The van der Waals surface area contributed by atoms with Crippen molar-refractivity contribution >= 4 is 0 Å². The SMILES string of the molecule is CC(C)C(N)CN1CCOCC1(C)C. The third-order valence-electron chi connectivity index (χ3n) is 3.10. The van der Waals surface area contributed by atoms with E-state index in [1.165, 1.54) is 0 Å². The molecule has 1 saturated heterocycles. The van der Waals surface area contributed by atoms with Crippen molar-refractivity contribution in [1.29, 1.82) is 0 Å². The van der Waals surface area contributed by atoms with Gasteiger partial charge in [-0.05, 0) is 19.8 Å². The van der Waals surface area contributed by atoms with Crippen molar-refractivity contribution in [3.63, 3.8) is 0 Å². The van der Waals surface area contributed by atoms with E-state index in [2.05, 4.69) is 32.6 Å². The summed E-state index contributed by atoms with van der Waals surface area (Å²) in [5.41, 5.74) is 6.23. The number of rotatable bonds is 3. The molecule has 1 rings (SSSR count). The maximum absolute atomic E-state index is 6.09. The van der Waals surface area contributed by atoms with E-state index in [9.17, 15) is 0 Å². The largest absolute Gasteiger partial charge is 0.378 e. The lowest BCUT2D eigenvalue weighted by molar-refractivity contribution is -0.0545. The highest BCUT2D eigenvalue weighted by Crippen LogP contribution is 2.19. The molecule has 84 valence electrons. The summed E-state index contributed by atoms with van der Waals surface area (Å²) >= 11 is 0. The molecule has 0 aromatic heterocycles. The average Bonchev–Trinajstić information content (AvgIpc) is 2.08. The molecule has 0 saturated carbocycles. The van der Waals surface area contributed by atoms with E-state index in [1.807, 2.05) is 0 Å². The average molecular weight is 200 g/mol. The topological polar surface area (TPSA) is 38.5 Å². The zero-order chi connectivity index (χ0) is 10.8. The molecule has 0 radical (unpaired) electrons. The van der Waals surface area contributed by atoms with Gasteiger partial charge in [-0.3, -0.25) is 4.90 Å². The summed E-state index contributed by atoms with van der Waals surface area (Å²) in [6.07, 6.45) is 0. The molecular weight excluding hydrogens is 176 g/mol. The Kier molecular flexibility index (Phi) is 3.93. The van der Waals surface area contributed by atoms with Crippen molar-refractivity contribution in [3.05, 3.63) is 0 Å². The van der Waals surface area contributed by atoms with Crippen LogP contribution in [0.3, 0.4) is 0 Å². The number of nitrogens with two attached hydrogens (primary N) is 1. The van der Waals surface area contributed by atoms with Gasteiger partial charge in [0, 0.05) is 24.7 Å². The summed E-state index contributed by atoms with van der Waals surface area (Å²) in [5.74, 6) is 0.550. The maximum atomic E-state index is 6.09. The van der Waals surface area contributed by atoms with Gasteiger partial charge in [-0.2, -0.15) is 0 Å². The van der Waals surface area contributed by atoms with Crippen LogP contribution >= 0.6 is 0 Å². The summed E-state index contributed by atoms with van der Waals surface area (Å²) < 4.78 is 5.47. The third kappa shape index (κ3) is 2.94. The molecule has 1 atom stereocenters. The minimum absolute atomic E-state index is 0.144. The normalized spacial score (nSPS) is 25.3. The van der Waals surface area contributed by atoms with Crippen LogP contribution in [0.1, 0.15) is 27.7 Å². The van der Waals surface area contributed by atoms with E-state index in [4.69, 9.17) is 10.5 Å². The smallest absolute Gasteiger partial charge is 0.0645 e. The fourth-order valence-corrected chi connectivity index (χ4v) is 1.69. The summed E-state index contributed by atoms with van der Waals surface area (Å²) in [4.78, 5) is 2.45. The predicted molar refractivity (Wildman–Crippen MR) is 59.3 cm³/mol. The lowest BCUT2D eigenvalue weighted by Crippen LogP contribution is -2.56. The number of hydrogen-bond donors (Lipinski definition) is 1. The number of ether oxygens (including phenoxy) is 1. The lowest BCUT2D eigenvalue weighted by atomic mass is 9.98. The Morgan fingerprint density at radius 1 is 1.43 bits per heavy atom. The van der Waals surface area contributed by atoms with E-state index in [0.717, 1.165) is 26.3 Å². The van der Waals surface area contributed by atoms with Crippen molar-refractivity contribution in [2.45, 2.75) is 39.3 Å². The molecule has 0 aromatic rings. The molecule has 1 aliphatic rings. The van der Waals surface area contributed by atoms with Crippen molar-refractivity contribution in [1.82, 2.24) is 4.90 Å². The van der Waals surface area contributed by atoms with Gasteiger partial charge in [0.15, 0.2) is 0 Å². The second-order valence-electron chi connectivity index (χ2n) is 5.22. The molecule has 14 heavy (non-hydrogen) atoms. The Morgan fingerprint density at radius 2 is 2.07 bits per heavy atom. The van der Waals surface area contributed by atoms with Crippen molar-refractivity contribution < 1.29 is 4.74 Å². The van der Waals surface area contributed by atoms with Crippen LogP contribution in [0.5, 0.6) is 0 Å². The number of nitrogens with zero attached hydrogens (tertiary/aromatic N) is 1. The Hall–Kier alpha value is -0.120. The van der Waals surface area contributed by atoms with Gasteiger partial charge in [0.2, 0.25) is 0 Å². The number of morpholine rings is 1. The van der Waals surface area contributed by atoms with Gasteiger partial charge in [0.25, 0.3) is 0 Å². The highest BCUT2D eigenvalue weighted by Gasteiger charge is 2.31. The summed E-state index contributed by atoms with van der Waals surface area (Å²) in [6.45, 7) is 12.4. The molecular formula is C11H24N2O. The summed E-state index contributed by atoms with van der Waals surface area (Å²) in [7, 11) is 0. The molecule has 1 aliphatic heterocycles. The fraction of sp³-hybridized carbons (Fsp3) is 1.00. The van der Waals surface area contributed by atoms with Crippen LogP contribution in [0.15, 0.2) is 0 Å². The molecule has 0 amide bonds. The van der Waals surface area contributed by atoms with Crippen molar-refractivity contribution in [2.24, 2.45) is 11.7 Å². The zero-order valence-electron chi connectivity index (χ0n) is 9.92. The fourth-order valence-electron chi connectivity index (χ4n) is 1.69.